The Morgan fingerprint density at radius 3 is 2.74 bits per heavy atom. The van der Waals surface area contributed by atoms with Crippen LogP contribution in [0.25, 0.3) is 0 Å². The monoisotopic (exact) mass is 305 g/mol. The van der Waals surface area contributed by atoms with Crippen molar-refractivity contribution in [2.45, 2.75) is 25.8 Å². The van der Waals surface area contributed by atoms with Crippen molar-refractivity contribution in [1.82, 2.24) is 4.90 Å². The second kappa shape index (κ2) is 7.79. The third-order valence-corrected chi connectivity index (χ3v) is 4.71. The largest absolute Gasteiger partial charge is 0.480 e. The number of carbonyl (C=O) groups is 3. The fraction of sp³-hybridized carbons (Fsp3) is 0.750. The van der Waals surface area contributed by atoms with Crippen LogP contribution in [0.1, 0.15) is 19.8 Å². The number of amides is 1. The van der Waals surface area contributed by atoms with Gasteiger partial charge in [0.05, 0.1) is 0 Å². The molecule has 5 nitrogen and oxygen atoms in total. The number of rotatable bonds is 7. The van der Waals surface area contributed by atoms with Gasteiger partial charge < -0.3 is 10.0 Å². The molecule has 7 heteroatoms. The molecule has 19 heavy (non-hydrogen) atoms. The van der Waals surface area contributed by atoms with Gasteiger partial charge in [-0.2, -0.15) is 11.8 Å². The molecule has 1 amide bonds. The lowest BCUT2D eigenvalue weighted by Crippen LogP contribution is -2.42. The smallest absolute Gasteiger partial charge is 0.326 e. The van der Waals surface area contributed by atoms with Gasteiger partial charge in [0.1, 0.15) is 6.04 Å². The van der Waals surface area contributed by atoms with Crippen LogP contribution < -0.4 is 0 Å². The first-order chi connectivity index (χ1) is 8.95. The summed E-state index contributed by atoms with van der Waals surface area (Å²) in [6.07, 6.45) is 2.73. The minimum atomic E-state index is -0.942. The number of hydrogen-bond donors (Lipinski definition) is 1. The van der Waals surface area contributed by atoms with Gasteiger partial charge in [-0.3, -0.25) is 9.59 Å². The van der Waals surface area contributed by atoms with Gasteiger partial charge in [0.2, 0.25) is 5.91 Å². The van der Waals surface area contributed by atoms with Gasteiger partial charge in [0, 0.05) is 25.6 Å². The van der Waals surface area contributed by atoms with Crippen LogP contribution in [0.2, 0.25) is 0 Å². The molecule has 1 aliphatic heterocycles. The lowest BCUT2D eigenvalue weighted by atomic mass is 10.1. The highest BCUT2D eigenvalue weighted by atomic mass is 32.2. The second-order valence-electron chi connectivity index (χ2n) is 4.55. The second-order valence-corrected chi connectivity index (χ2v) is 6.74. The summed E-state index contributed by atoms with van der Waals surface area (Å²) in [7, 11) is 0. The predicted octanol–water partition coefficient (Wildman–Crippen LogP) is 1.32. The zero-order valence-corrected chi connectivity index (χ0v) is 12.8. The Morgan fingerprint density at radius 2 is 2.21 bits per heavy atom. The van der Waals surface area contributed by atoms with E-state index < -0.39 is 12.0 Å². The maximum absolute atomic E-state index is 11.9. The lowest BCUT2D eigenvalue weighted by molar-refractivity contribution is -0.148. The Labute approximate surface area is 121 Å². The van der Waals surface area contributed by atoms with Gasteiger partial charge in [-0.05, 0) is 24.3 Å². The van der Waals surface area contributed by atoms with E-state index in [1.807, 2.05) is 6.26 Å². The maximum atomic E-state index is 11.9. The molecule has 108 valence electrons. The first-order valence-electron chi connectivity index (χ1n) is 6.10. The zero-order valence-electron chi connectivity index (χ0n) is 11.1. The lowest BCUT2D eigenvalue weighted by Gasteiger charge is -2.24. The van der Waals surface area contributed by atoms with Gasteiger partial charge in [0.15, 0.2) is 5.12 Å². The summed E-state index contributed by atoms with van der Waals surface area (Å²) in [4.78, 5) is 35.5. The quantitative estimate of drug-likeness (QED) is 0.764. The van der Waals surface area contributed by atoms with E-state index in [0.29, 0.717) is 30.9 Å². The van der Waals surface area contributed by atoms with Crippen LogP contribution in [0.4, 0.5) is 0 Å². The molecule has 0 aromatic carbocycles. The summed E-state index contributed by atoms with van der Waals surface area (Å²) in [6.45, 7) is 1.95. The number of aliphatic carboxylic acids is 1. The minimum Gasteiger partial charge on any atom is -0.480 e. The predicted molar refractivity (Wildman–Crippen MR) is 77.4 cm³/mol. The number of likely N-dealkylation sites (tertiary alicyclic amines) is 1. The molecule has 0 saturated carbocycles. The third-order valence-electron chi connectivity index (χ3n) is 3.02. The molecule has 1 N–H and O–H groups in total. The zero-order chi connectivity index (χ0) is 14.4. The molecule has 1 heterocycles. The van der Waals surface area contributed by atoms with Gasteiger partial charge in [0.25, 0.3) is 0 Å². The molecule has 2 unspecified atom stereocenters. The van der Waals surface area contributed by atoms with E-state index in [9.17, 15) is 19.5 Å². The Kier molecular flexibility index (Phi) is 6.71. The molecular formula is C12H19NO4S2. The first-order valence-corrected chi connectivity index (χ1v) is 8.48. The fourth-order valence-corrected chi connectivity index (χ4v) is 3.25. The summed E-state index contributed by atoms with van der Waals surface area (Å²) >= 11 is 2.77. The Hall–Kier alpha value is -0.690. The average Bonchev–Trinajstić information content (AvgIpc) is 2.68. The van der Waals surface area contributed by atoms with Gasteiger partial charge in [-0.1, -0.05) is 11.8 Å². The number of hydrogen-bond acceptors (Lipinski definition) is 5. The van der Waals surface area contributed by atoms with Crippen LogP contribution in [0.3, 0.4) is 0 Å². The van der Waals surface area contributed by atoms with Crippen LogP contribution >= 0.6 is 23.5 Å². The van der Waals surface area contributed by atoms with Crippen molar-refractivity contribution >= 4 is 40.5 Å². The summed E-state index contributed by atoms with van der Waals surface area (Å²) in [5.74, 6) is 0.336. The molecule has 0 aromatic heterocycles. The van der Waals surface area contributed by atoms with Gasteiger partial charge in [-0.15, -0.1) is 0 Å². The minimum absolute atomic E-state index is 0.0306. The van der Waals surface area contributed by atoms with Crippen molar-refractivity contribution in [3.8, 4) is 0 Å². The SMILES string of the molecule is CSCCC(C(=O)O)N1CC(CSC(C)=O)CC1=O. The topological polar surface area (TPSA) is 74.7 Å². The molecular weight excluding hydrogens is 286 g/mol. The normalized spacial score (nSPS) is 20.6. The van der Waals surface area contributed by atoms with E-state index in [4.69, 9.17) is 0 Å². The molecule has 0 radical (unpaired) electrons. The average molecular weight is 305 g/mol. The van der Waals surface area contributed by atoms with Crippen molar-refractivity contribution in [1.29, 1.82) is 0 Å². The number of thioether (sulfide) groups is 2. The van der Waals surface area contributed by atoms with E-state index >= 15 is 0 Å². The molecule has 2 atom stereocenters. The van der Waals surface area contributed by atoms with Crippen LogP contribution in [-0.2, 0) is 14.4 Å². The van der Waals surface area contributed by atoms with Gasteiger partial charge in [-0.25, -0.2) is 4.79 Å². The summed E-state index contributed by atoms with van der Waals surface area (Å²) in [6, 6.07) is -0.729. The van der Waals surface area contributed by atoms with Crippen molar-refractivity contribution in [2.24, 2.45) is 5.92 Å². The van der Waals surface area contributed by atoms with Crippen LogP contribution in [-0.4, -0.2) is 57.3 Å². The summed E-state index contributed by atoms with van der Waals surface area (Å²) in [5, 5.41) is 9.25. The molecule has 1 rings (SSSR count). The molecule has 0 aromatic rings. The van der Waals surface area contributed by atoms with Crippen molar-refractivity contribution in [2.75, 3.05) is 24.3 Å². The number of carboxylic acid groups (broad SMARTS) is 1. The van der Waals surface area contributed by atoms with E-state index in [-0.39, 0.29) is 16.9 Å². The molecule has 1 fully saturated rings. The fourth-order valence-electron chi connectivity index (χ4n) is 2.10. The van der Waals surface area contributed by atoms with Crippen molar-refractivity contribution in [3.05, 3.63) is 0 Å². The number of nitrogens with zero attached hydrogens (tertiary/aromatic N) is 1. The van der Waals surface area contributed by atoms with E-state index in [0.717, 1.165) is 0 Å². The number of carbonyl (C=O) groups excluding carboxylic acids is 2. The van der Waals surface area contributed by atoms with Gasteiger partial charge >= 0.3 is 5.97 Å². The Morgan fingerprint density at radius 1 is 1.53 bits per heavy atom. The molecule has 0 bridgehead atoms. The molecule has 1 aliphatic rings. The Balaban J connectivity index is 2.58. The third kappa shape index (κ3) is 5.06. The van der Waals surface area contributed by atoms with E-state index in [1.165, 1.54) is 23.6 Å². The first kappa shape index (κ1) is 16.4. The van der Waals surface area contributed by atoms with E-state index in [2.05, 4.69) is 0 Å². The van der Waals surface area contributed by atoms with Crippen molar-refractivity contribution < 1.29 is 19.5 Å². The summed E-state index contributed by atoms with van der Waals surface area (Å²) in [5.41, 5.74) is 0. The highest BCUT2D eigenvalue weighted by Gasteiger charge is 2.37. The van der Waals surface area contributed by atoms with Crippen LogP contribution in [0.5, 0.6) is 0 Å². The van der Waals surface area contributed by atoms with Crippen molar-refractivity contribution in [3.63, 3.8) is 0 Å². The molecule has 1 saturated heterocycles. The maximum Gasteiger partial charge on any atom is 0.326 e. The van der Waals surface area contributed by atoms with Crippen LogP contribution in [0, 0.1) is 5.92 Å². The van der Waals surface area contributed by atoms with Crippen LogP contribution in [0.15, 0.2) is 0 Å². The number of carboxylic acids is 1. The molecule has 0 aliphatic carbocycles. The Bertz CT molecular complexity index is 362. The van der Waals surface area contributed by atoms with E-state index in [1.54, 1.807) is 11.8 Å². The standard InChI is InChI=1S/C12H19NO4S2/c1-8(14)19-7-9-5-11(15)13(6-9)10(12(16)17)3-4-18-2/h9-10H,3-7H2,1-2H3,(H,16,17). The molecule has 0 spiro atoms. The summed E-state index contributed by atoms with van der Waals surface area (Å²) < 4.78 is 0. The highest BCUT2D eigenvalue weighted by molar-refractivity contribution is 8.13. The highest BCUT2D eigenvalue weighted by Crippen LogP contribution is 2.25.